The van der Waals surface area contributed by atoms with Gasteiger partial charge in [-0.25, -0.2) is 4.98 Å². The molecule has 0 amide bonds. The van der Waals surface area contributed by atoms with E-state index in [2.05, 4.69) is 79.9 Å². The summed E-state index contributed by atoms with van der Waals surface area (Å²) >= 11 is 1.98. The Kier molecular flexibility index (Phi) is 4.26. The number of hydrogen-bond acceptors (Lipinski definition) is 2. The van der Waals surface area contributed by atoms with Crippen LogP contribution in [-0.4, -0.2) is 9.38 Å². The van der Waals surface area contributed by atoms with Crippen molar-refractivity contribution in [3.8, 4) is 11.3 Å². The molecular weight excluding hydrogens is 396 g/mol. The molecule has 0 spiro atoms. The molecule has 0 saturated heterocycles. The van der Waals surface area contributed by atoms with Gasteiger partial charge < -0.3 is 0 Å². The quantitative estimate of drug-likeness (QED) is 0.286. The van der Waals surface area contributed by atoms with E-state index in [1.165, 1.54) is 80.4 Å². The number of aryl methyl sites for hydroxylation is 2. The molecule has 1 saturated carbocycles. The Bertz CT molecular complexity index is 1430. The third-order valence-corrected chi connectivity index (χ3v) is 8.46. The molecule has 156 valence electrons. The summed E-state index contributed by atoms with van der Waals surface area (Å²) in [5.41, 5.74) is 6.66. The number of rotatable bonds is 3. The zero-order valence-corrected chi connectivity index (χ0v) is 19.4. The third-order valence-electron chi connectivity index (χ3n) is 7.34. The summed E-state index contributed by atoms with van der Waals surface area (Å²) in [5.74, 6) is 0. The summed E-state index contributed by atoms with van der Waals surface area (Å²) in [4.78, 5) is 7.80. The van der Waals surface area contributed by atoms with Crippen molar-refractivity contribution in [2.75, 3.05) is 0 Å². The van der Waals surface area contributed by atoms with Crippen LogP contribution >= 0.6 is 11.3 Å². The van der Waals surface area contributed by atoms with Crippen molar-refractivity contribution in [3.05, 3.63) is 70.7 Å². The summed E-state index contributed by atoms with van der Waals surface area (Å²) in [6.07, 6.45) is 8.75. The van der Waals surface area contributed by atoms with E-state index in [4.69, 9.17) is 4.98 Å². The number of hydrogen-bond donors (Lipinski definition) is 0. The molecule has 0 unspecified atom stereocenters. The third kappa shape index (κ3) is 2.94. The molecule has 1 aliphatic carbocycles. The fraction of sp³-hybridized carbons (Fsp3) is 0.321. The van der Waals surface area contributed by atoms with Crippen LogP contribution in [0.5, 0.6) is 0 Å². The smallest absolute Gasteiger partial charge is 0.146 e. The van der Waals surface area contributed by atoms with Crippen LogP contribution in [0, 0.1) is 19.3 Å². The molecule has 0 aliphatic heterocycles. The number of thiophene rings is 1. The van der Waals surface area contributed by atoms with Crippen molar-refractivity contribution in [2.24, 2.45) is 5.41 Å². The summed E-state index contributed by atoms with van der Waals surface area (Å²) in [6, 6.07) is 17.8. The molecule has 0 N–H and O–H groups in total. The number of pyridine rings is 1. The molecule has 2 aromatic carbocycles. The molecule has 6 rings (SSSR count). The zero-order valence-electron chi connectivity index (χ0n) is 18.5. The first kappa shape index (κ1) is 19.1. The Balaban J connectivity index is 1.68. The first-order valence-electron chi connectivity index (χ1n) is 11.4. The maximum atomic E-state index is 4.95. The summed E-state index contributed by atoms with van der Waals surface area (Å²) < 4.78 is 2.43. The van der Waals surface area contributed by atoms with Gasteiger partial charge in [0.25, 0.3) is 0 Å². The van der Waals surface area contributed by atoms with Gasteiger partial charge in [0.05, 0.1) is 11.9 Å². The van der Waals surface area contributed by atoms with Crippen LogP contribution in [0.1, 0.15) is 48.6 Å². The van der Waals surface area contributed by atoms with E-state index in [0.29, 0.717) is 5.41 Å². The predicted octanol–water partition coefficient (Wildman–Crippen LogP) is 8.11. The van der Waals surface area contributed by atoms with Gasteiger partial charge in [0, 0.05) is 21.2 Å². The fourth-order valence-electron chi connectivity index (χ4n) is 5.76. The Morgan fingerprint density at radius 1 is 0.935 bits per heavy atom. The van der Waals surface area contributed by atoms with Crippen molar-refractivity contribution >= 4 is 38.0 Å². The fourth-order valence-corrected chi connectivity index (χ4v) is 7.16. The Morgan fingerprint density at radius 3 is 2.39 bits per heavy atom. The molecule has 3 aromatic heterocycles. The molecule has 0 radical (unpaired) electrons. The minimum Gasteiger partial charge on any atom is -0.283 e. The lowest BCUT2D eigenvalue weighted by atomic mass is 9.84. The Hall–Kier alpha value is -2.65. The molecule has 1 fully saturated rings. The van der Waals surface area contributed by atoms with Crippen LogP contribution in [0.15, 0.2) is 54.7 Å². The maximum Gasteiger partial charge on any atom is 0.146 e. The summed E-state index contributed by atoms with van der Waals surface area (Å²) in [7, 11) is 0. The second-order valence-electron chi connectivity index (χ2n) is 9.74. The number of imidazole rings is 1. The highest BCUT2D eigenvalue weighted by Crippen LogP contribution is 2.44. The van der Waals surface area contributed by atoms with Gasteiger partial charge >= 0.3 is 0 Å². The minimum atomic E-state index is 0.459. The topological polar surface area (TPSA) is 17.3 Å². The number of nitrogens with zero attached hydrogens (tertiary/aromatic N) is 2. The van der Waals surface area contributed by atoms with Crippen LogP contribution in [0.3, 0.4) is 0 Å². The molecule has 3 heterocycles. The summed E-state index contributed by atoms with van der Waals surface area (Å²) in [5, 5.41) is 3.93. The first-order chi connectivity index (χ1) is 15.0. The second kappa shape index (κ2) is 6.93. The van der Waals surface area contributed by atoms with E-state index in [1.54, 1.807) is 0 Å². The number of fused-ring (bicyclic) bond motifs is 6. The van der Waals surface area contributed by atoms with E-state index in [0.717, 1.165) is 5.65 Å². The van der Waals surface area contributed by atoms with Crippen LogP contribution in [0.4, 0.5) is 0 Å². The highest BCUT2D eigenvalue weighted by molar-refractivity contribution is 7.18. The number of benzene rings is 2. The molecular formula is C28H28N2S. The van der Waals surface area contributed by atoms with Crippen LogP contribution in [0.2, 0.25) is 0 Å². The van der Waals surface area contributed by atoms with E-state index in [9.17, 15) is 0 Å². The van der Waals surface area contributed by atoms with Gasteiger partial charge in [0.15, 0.2) is 0 Å². The summed E-state index contributed by atoms with van der Waals surface area (Å²) in [6.45, 7) is 6.90. The van der Waals surface area contributed by atoms with E-state index in [1.807, 2.05) is 11.3 Å². The van der Waals surface area contributed by atoms with Gasteiger partial charge in [-0.2, -0.15) is 0 Å². The average molecular weight is 425 g/mol. The van der Waals surface area contributed by atoms with Gasteiger partial charge in [-0.15, -0.1) is 11.3 Å². The van der Waals surface area contributed by atoms with Crippen molar-refractivity contribution in [1.29, 1.82) is 0 Å². The SMILES string of the molecule is Cc1cccc(C)c1-c1cnc2c3ccccc3c3cc(CC4(C)CCCC4)sc3n12. The molecule has 5 aromatic rings. The Labute approximate surface area is 187 Å². The average Bonchev–Trinajstić information content (AvgIpc) is 3.47. The molecule has 31 heavy (non-hydrogen) atoms. The molecule has 0 bridgehead atoms. The van der Waals surface area contributed by atoms with Crippen LogP contribution in [0.25, 0.3) is 37.9 Å². The van der Waals surface area contributed by atoms with Crippen LogP contribution in [-0.2, 0) is 6.42 Å². The van der Waals surface area contributed by atoms with Gasteiger partial charge in [-0.1, -0.05) is 62.2 Å². The second-order valence-corrected chi connectivity index (χ2v) is 10.9. The van der Waals surface area contributed by atoms with Crippen molar-refractivity contribution < 1.29 is 0 Å². The normalized spacial score (nSPS) is 16.1. The van der Waals surface area contributed by atoms with Crippen molar-refractivity contribution in [3.63, 3.8) is 0 Å². The first-order valence-corrected chi connectivity index (χ1v) is 12.2. The van der Waals surface area contributed by atoms with Crippen molar-refractivity contribution in [1.82, 2.24) is 9.38 Å². The molecule has 3 heteroatoms. The monoisotopic (exact) mass is 424 g/mol. The number of aromatic nitrogens is 2. The van der Waals surface area contributed by atoms with E-state index >= 15 is 0 Å². The highest BCUT2D eigenvalue weighted by atomic mass is 32.1. The van der Waals surface area contributed by atoms with Crippen molar-refractivity contribution in [2.45, 2.75) is 52.9 Å². The Morgan fingerprint density at radius 2 is 1.65 bits per heavy atom. The molecule has 1 aliphatic rings. The van der Waals surface area contributed by atoms with Gasteiger partial charge in [0.1, 0.15) is 10.5 Å². The molecule has 0 atom stereocenters. The minimum absolute atomic E-state index is 0.459. The lowest BCUT2D eigenvalue weighted by molar-refractivity contribution is 0.337. The molecule has 2 nitrogen and oxygen atoms in total. The van der Waals surface area contributed by atoms with E-state index in [-0.39, 0.29) is 0 Å². The standard InChI is InChI=1S/C28H28N2S/c1-18-9-8-10-19(2)25(18)24-17-29-26-22-12-5-4-11-21(22)23-15-20(31-27(23)30(24)26)16-28(3)13-6-7-14-28/h4-5,8-12,15,17H,6-7,13-14,16H2,1-3H3. The lowest BCUT2D eigenvalue weighted by Gasteiger charge is -2.22. The van der Waals surface area contributed by atoms with Gasteiger partial charge in [0.2, 0.25) is 0 Å². The highest BCUT2D eigenvalue weighted by Gasteiger charge is 2.30. The van der Waals surface area contributed by atoms with E-state index < -0.39 is 0 Å². The largest absolute Gasteiger partial charge is 0.283 e. The zero-order chi connectivity index (χ0) is 21.2. The van der Waals surface area contributed by atoms with Gasteiger partial charge in [-0.05, 0) is 61.1 Å². The lowest BCUT2D eigenvalue weighted by Crippen LogP contribution is -2.13. The predicted molar refractivity (Wildman–Crippen MR) is 133 cm³/mol. The maximum absolute atomic E-state index is 4.95. The van der Waals surface area contributed by atoms with Crippen LogP contribution < -0.4 is 0 Å². The van der Waals surface area contributed by atoms with Gasteiger partial charge in [-0.3, -0.25) is 4.40 Å².